The summed E-state index contributed by atoms with van der Waals surface area (Å²) in [5.74, 6) is 0.215. The van der Waals surface area contributed by atoms with Gasteiger partial charge in [-0.2, -0.15) is 0 Å². The maximum atomic E-state index is 12.7. The van der Waals surface area contributed by atoms with Crippen LogP contribution in [0.1, 0.15) is 31.7 Å². The molecule has 0 bridgehead atoms. The number of benzene rings is 2. The van der Waals surface area contributed by atoms with Crippen LogP contribution in [0.3, 0.4) is 0 Å². The van der Waals surface area contributed by atoms with Crippen molar-refractivity contribution < 1.29 is 14.3 Å². The number of hydrogen-bond acceptors (Lipinski definition) is 7. The molecule has 0 spiro atoms. The predicted octanol–water partition coefficient (Wildman–Crippen LogP) is 2.77. The van der Waals surface area contributed by atoms with Crippen LogP contribution >= 0.6 is 0 Å². The number of nitrogens with two attached hydrogens (primary N) is 1. The number of piperidine rings is 1. The number of amides is 1. The second kappa shape index (κ2) is 13.4. The molecule has 2 atom stereocenters. The zero-order valence-electron chi connectivity index (χ0n) is 22.3. The molecule has 2 aliphatic heterocycles. The Bertz CT molecular complexity index is 1070. The molecule has 2 heterocycles. The molecule has 2 aromatic carbocycles. The largest absolute Gasteiger partial charge is 0.465 e. The number of amidine groups is 1. The van der Waals surface area contributed by atoms with E-state index < -0.39 is 0 Å². The first-order valence-corrected chi connectivity index (χ1v) is 13.6. The van der Waals surface area contributed by atoms with Crippen LogP contribution in [0.5, 0.6) is 0 Å². The van der Waals surface area contributed by atoms with Gasteiger partial charge in [0.2, 0.25) is 5.91 Å². The highest BCUT2D eigenvalue weighted by Crippen LogP contribution is 2.28. The van der Waals surface area contributed by atoms with Crippen molar-refractivity contribution in [1.29, 1.82) is 5.41 Å². The molecule has 204 valence electrons. The summed E-state index contributed by atoms with van der Waals surface area (Å²) in [6.07, 6.45) is 2.19. The van der Waals surface area contributed by atoms with Crippen molar-refractivity contribution in [2.75, 3.05) is 62.6 Å². The molecule has 2 unspecified atom stereocenters. The van der Waals surface area contributed by atoms with Gasteiger partial charge in [-0.3, -0.25) is 24.8 Å². The lowest BCUT2D eigenvalue weighted by Gasteiger charge is -2.47. The van der Waals surface area contributed by atoms with E-state index in [9.17, 15) is 9.59 Å². The Morgan fingerprint density at radius 3 is 2.39 bits per heavy atom. The maximum absolute atomic E-state index is 12.7. The highest BCUT2D eigenvalue weighted by molar-refractivity contribution is 5.95. The average Bonchev–Trinajstić information content (AvgIpc) is 2.93. The normalized spacial score (nSPS) is 20.6. The summed E-state index contributed by atoms with van der Waals surface area (Å²) in [5, 5.41) is 10.6. The van der Waals surface area contributed by atoms with Gasteiger partial charge in [0.15, 0.2) is 0 Å². The lowest BCUT2D eigenvalue weighted by Crippen LogP contribution is -2.57. The molecule has 0 aromatic heterocycles. The van der Waals surface area contributed by atoms with Crippen LogP contribution in [0.2, 0.25) is 0 Å². The lowest BCUT2D eigenvalue weighted by molar-refractivity contribution is -0.145. The molecule has 9 heteroatoms. The van der Waals surface area contributed by atoms with E-state index in [1.807, 2.05) is 61.5 Å². The number of nitrogen functional groups attached to an aromatic ring is 1. The number of piperazine rings is 1. The number of hydrogen-bond donors (Lipinski definition) is 3. The van der Waals surface area contributed by atoms with Crippen LogP contribution in [0, 0.1) is 11.3 Å². The van der Waals surface area contributed by atoms with Crippen molar-refractivity contribution in [3.63, 3.8) is 0 Å². The molecule has 2 aromatic rings. The van der Waals surface area contributed by atoms with E-state index in [1.54, 1.807) is 0 Å². The van der Waals surface area contributed by atoms with E-state index in [4.69, 9.17) is 15.9 Å². The van der Waals surface area contributed by atoms with Gasteiger partial charge in [-0.25, -0.2) is 0 Å². The molecule has 4 rings (SSSR count). The Hall–Kier alpha value is -3.43. The van der Waals surface area contributed by atoms with Crippen LogP contribution in [0.4, 0.5) is 11.4 Å². The van der Waals surface area contributed by atoms with Gasteiger partial charge in [-0.1, -0.05) is 18.2 Å². The first kappa shape index (κ1) is 27.6. The van der Waals surface area contributed by atoms with Gasteiger partial charge >= 0.3 is 5.97 Å². The predicted molar refractivity (Wildman–Crippen MR) is 151 cm³/mol. The van der Waals surface area contributed by atoms with Crippen molar-refractivity contribution >= 4 is 29.1 Å². The molecule has 0 aliphatic carbocycles. The highest BCUT2D eigenvalue weighted by Gasteiger charge is 2.35. The second-order valence-corrected chi connectivity index (χ2v) is 10.1. The standard InChI is InChI=1S/C29H40N6O3/c1-2-38-28(37)21-33-15-14-26(23(20-33)10-13-27(36)32-24-6-4-3-5-7-24)35-18-16-34(17-19-35)25-11-8-22(9-12-25)29(30)31/h3-9,11-12,23,26H,2,10,13-21H2,1H3,(H3,30,31)(H,32,36). The van der Waals surface area contributed by atoms with Crippen molar-refractivity contribution in [3.8, 4) is 0 Å². The van der Waals surface area contributed by atoms with Gasteiger partial charge in [-0.05, 0) is 62.1 Å². The van der Waals surface area contributed by atoms with Gasteiger partial charge in [0.1, 0.15) is 5.84 Å². The SMILES string of the molecule is CCOC(=O)CN1CCC(N2CCN(c3ccc(C(=N)N)cc3)CC2)C(CCC(=O)Nc2ccccc2)C1. The van der Waals surface area contributed by atoms with Crippen molar-refractivity contribution in [2.24, 2.45) is 11.7 Å². The van der Waals surface area contributed by atoms with E-state index in [2.05, 4.69) is 20.0 Å². The first-order chi connectivity index (χ1) is 18.4. The number of likely N-dealkylation sites (tertiary alicyclic amines) is 1. The monoisotopic (exact) mass is 520 g/mol. The van der Waals surface area contributed by atoms with Crippen LogP contribution in [-0.4, -0.2) is 86.0 Å². The van der Waals surface area contributed by atoms with E-state index in [1.165, 1.54) is 0 Å². The Balaban J connectivity index is 1.36. The summed E-state index contributed by atoms with van der Waals surface area (Å²) in [5.41, 5.74) is 8.30. The van der Waals surface area contributed by atoms with Crippen LogP contribution in [0.15, 0.2) is 54.6 Å². The number of esters is 1. The van der Waals surface area contributed by atoms with Crippen LogP contribution < -0.4 is 16.0 Å². The summed E-state index contributed by atoms with van der Waals surface area (Å²) < 4.78 is 5.18. The van der Waals surface area contributed by atoms with Gasteiger partial charge in [-0.15, -0.1) is 0 Å². The third-order valence-corrected chi connectivity index (χ3v) is 7.56. The summed E-state index contributed by atoms with van der Waals surface area (Å²) >= 11 is 0. The van der Waals surface area contributed by atoms with Crippen molar-refractivity contribution in [3.05, 3.63) is 60.2 Å². The summed E-state index contributed by atoms with van der Waals surface area (Å²) in [4.78, 5) is 32.0. The molecule has 9 nitrogen and oxygen atoms in total. The molecular formula is C29H40N6O3. The topological polar surface area (TPSA) is 115 Å². The minimum Gasteiger partial charge on any atom is -0.465 e. The van der Waals surface area contributed by atoms with Crippen LogP contribution in [0.25, 0.3) is 0 Å². The molecule has 2 saturated heterocycles. The number of carbonyl (C=O) groups is 2. The minimum absolute atomic E-state index is 0.0243. The molecule has 38 heavy (non-hydrogen) atoms. The molecule has 2 aliphatic rings. The van der Waals surface area contributed by atoms with Gasteiger partial charge in [0.05, 0.1) is 13.2 Å². The van der Waals surface area contributed by atoms with Gasteiger partial charge in [0.25, 0.3) is 0 Å². The average molecular weight is 521 g/mol. The minimum atomic E-state index is -0.184. The zero-order valence-corrected chi connectivity index (χ0v) is 22.3. The molecule has 1 amide bonds. The van der Waals surface area contributed by atoms with E-state index >= 15 is 0 Å². The number of para-hydroxylation sites is 1. The van der Waals surface area contributed by atoms with E-state index in [-0.39, 0.29) is 17.7 Å². The fraction of sp³-hybridized carbons (Fsp3) is 0.483. The smallest absolute Gasteiger partial charge is 0.320 e. The molecule has 0 radical (unpaired) electrons. The second-order valence-electron chi connectivity index (χ2n) is 10.1. The zero-order chi connectivity index (χ0) is 26.9. The molecular weight excluding hydrogens is 480 g/mol. The summed E-state index contributed by atoms with van der Waals surface area (Å²) in [6, 6.07) is 17.8. The quantitative estimate of drug-likeness (QED) is 0.251. The van der Waals surface area contributed by atoms with E-state index in [0.29, 0.717) is 31.5 Å². The van der Waals surface area contributed by atoms with Crippen molar-refractivity contribution in [1.82, 2.24) is 9.80 Å². The molecule has 4 N–H and O–H groups in total. The van der Waals surface area contributed by atoms with Crippen LogP contribution in [-0.2, 0) is 14.3 Å². The first-order valence-electron chi connectivity index (χ1n) is 13.6. The molecule has 2 fully saturated rings. The number of rotatable bonds is 10. The lowest BCUT2D eigenvalue weighted by atomic mass is 9.86. The molecule has 0 saturated carbocycles. The Morgan fingerprint density at radius 1 is 1.03 bits per heavy atom. The van der Waals surface area contributed by atoms with Gasteiger partial charge in [0, 0.05) is 68.7 Å². The summed E-state index contributed by atoms with van der Waals surface area (Å²) in [6.45, 7) is 7.89. The highest BCUT2D eigenvalue weighted by atomic mass is 16.5. The fourth-order valence-electron chi connectivity index (χ4n) is 5.62. The van der Waals surface area contributed by atoms with E-state index in [0.717, 1.165) is 69.0 Å². The maximum Gasteiger partial charge on any atom is 0.320 e. The Morgan fingerprint density at radius 2 is 1.74 bits per heavy atom. The van der Waals surface area contributed by atoms with Crippen molar-refractivity contribution in [2.45, 2.75) is 32.2 Å². The third-order valence-electron chi connectivity index (χ3n) is 7.56. The van der Waals surface area contributed by atoms with Gasteiger partial charge < -0.3 is 20.7 Å². The summed E-state index contributed by atoms with van der Waals surface area (Å²) in [7, 11) is 0. The fourth-order valence-corrected chi connectivity index (χ4v) is 5.62. The number of nitrogens with one attached hydrogen (secondary N) is 2. The Kier molecular flexibility index (Phi) is 9.73. The number of ether oxygens (including phenoxy) is 1. The third kappa shape index (κ3) is 7.55. The number of nitrogens with zero attached hydrogens (tertiary/aromatic N) is 3. The number of carbonyl (C=O) groups excluding carboxylic acids is 2. The number of anilines is 2. The Labute approximate surface area is 225 Å².